The normalized spacial score (nSPS) is 12.2. The van der Waals surface area contributed by atoms with Crippen LogP contribution in [0.3, 0.4) is 0 Å². The molecule has 0 bridgehead atoms. The minimum absolute atomic E-state index is 0.115. The van der Waals surface area contributed by atoms with E-state index in [0.717, 1.165) is 67.6 Å². The van der Waals surface area contributed by atoms with Gasteiger partial charge in [-0.3, -0.25) is 4.99 Å². The molecule has 3 rings (SSSR count). The van der Waals surface area contributed by atoms with Gasteiger partial charge in [-0.2, -0.15) is 0 Å². The fourth-order valence-electron chi connectivity index (χ4n) is 8.30. The van der Waals surface area contributed by atoms with E-state index in [9.17, 15) is 10.2 Å². The van der Waals surface area contributed by atoms with Gasteiger partial charge in [0.15, 0.2) is 11.5 Å². The Labute approximate surface area is 424 Å². The van der Waals surface area contributed by atoms with E-state index in [1.165, 1.54) is 50.4 Å². The second kappa shape index (κ2) is 39.8. The number of hydrogen-bond acceptors (Lipinski definition) is 11. The van der Waals surface area contributed by atoms with Crippen molar-refractivity contribution < 1.29 is 48.1 Å². The molecular formula is C57H97N3O10. The molecule has 0 fully saturated rings. The Morgan fingerprint density at radius 2 is 1.14 bits per heavy atom. The average Bonchev–Trinajstić information content (AvgIpc) is 3.93. The van der Waals surface area contributed by atoms with Gasteiger partial charge in [0.05, 0.1) is 83.7 Å². The maximum atomic E-state index is 10.00. The summed E-state index contributed by atoms with van der Waals surface area (Å²) in [5.41, 5.74) is 15.8. The summed E-state index contributed by atoms with van der Waals surface area (Å²) < 4.78 is 44.9. The van der Waals surface area contributed by atoms with Crippen LogP contribution in [0.5, 0.6) is 11.5 Å². The van der Waals surface area contributed by atoms with Crippen molar-refractivity contribution in [2.24, 2.45) is 10.9 Å². The van der Waals surface area contributed by atoms with Crippen molar-refractivity contribution >= 4 is 11.9 Å². The average molecular weight is 984 g/mol. The predicted molar refractivity (Wildman–Crippen MR) is 288 cm³/mol. The highest BCUT2D eigenvalue weighted by Crippen LogP contribution is 2.36. The number of nitrogens with one attached hydrogen (secondary N) is 2. The number of aliphatic hydroxyl groups excluding tert-OH is 2. The number of aromatic amines is 2. The summed E-state index contributed by atoms with van der Waals surface area (Å²) in [6.45, 7) is 31.5. The van der Waals surface area contributed by atoms with E-state index >= 15 is 0 Å². The second-order valence-corrected chi connectivity index (χ2v) is 16.9. The number of hydrogen-bond donors (Lipinski definition) is 4. The van der Waals surface area contributed by atoms with Crippen LogP contribution >= 0.6 is 0 Å². The first-order valence-electron chi connectivity index (χ1n) is 26.3. The zero-order valence-electron chi connectivity index (χ0n) is 46.3. The van der Waals surface area contributed by atoms with E-state index in [1.54, 1.807) is 14.2 Å². The molecule has 0 spiro atoms. The van der Waals surface area contributed by atoms with Gasteiger partial charge in [0.1, 0.15) is 13.2 Å². The lowest BCUT2D eigenvalue weighted by molar-refractivity contribution is 0.0160. The van der Waals surface area contributed by atoms with Gasteiger partial charge in [0, 0.05) is 63.4 Å². The quantitative estimate of drug-likeness (QED) is 0.0249. The van der Waals surface area contributed by atoms with E-state index < -0.39 is 0 Å². The summed E-state index contributed by atoms with van der Waals surface area (Å²) in [6.07, 6.45) is 9.45. The van der Waals surface area contributed by atoms with Crippen LogP contribution in [-0.2, 0) is 66.9 Å². The molecule has 400 valence electrons. The van der Waals surface area contributed by atoms with Gasteiger partial charge in [0.2, 0.25) is 0 Å². The van der Waals surface area contributed by atoms with Gasteiger partial charge in [-0.25, -0.2) is 0 Å². The predicted octanol–water partition coefficient (Wildman–Crippen LogP) is 11.0. The Hall–Kier alpha value is -3.79. The molecule has 0 radical (unpaired) electrons. The summed E-state index contributed by atoms with van der Waals surface area (Å²) in [7, 11) is 3.29. The number of rotatable bonds is 37. The highest BCUT2D eigenvalue weighted by molar-refractivity contribution is 5.81. The third-order valence-electron chi connectivity index (χ3n) is 11.8. The first-order valence-corrected chi connectivity index (χ1v) is 26.3. The Balaban J connectivity index is 0.00000596. The fourth-order valence-corrected chi connectivity index (χ4v) is 8.30. The number of H-pyrrole nitrogens is 2. The van der Waals surface area contributed by atoms with Crippen LogP contribution in [0.15, 0.2) is 45.5 Å². The number of benzene rings is 1. The van der Waals surface area contributed by atoms with Crippen LogP contribution in [0.2, 0.25) is 0 Å². The molecule has 13 nitrogen and oxygen atoms in total. The van der Waals surface area contributed by atoms with Crippen molar-refractivity contribution in [2.75, 3.05) is 107 Å². The van der Waals surface area contributed by atoms with Crippen molar-refractivity contribution in [3.05, 3.63) is 85.5 Å². The van der Waals surface area contributed by atoms with Crippen LogP contribution in [0, 0.1) is 12.8 Å². The summed E-state index contributed by atoms with van der Waals surface area (Å²) in [4.78, 5) is 12.5. The van der Waals surface area contributed by atoms with Crippen molar-refractivity contribution in [1.82, 2.24) is 9.97 Å². The number of aliphatic imine (C=N–C) groups is 1. The number of allylic oxidation sites excluding steroid dienone is 4. The molecule has 2 aromatic heterocycles. The molecule has 0 saturated carbocycles. The maximum Gasteiger partial charge on any atom is 0.163 e. The molecule has 0 aliphatic carbocycles. The first kappa shape index (κ1) is 64.2. The van der Waals surface area contributed by atoms with Crippen LogP contribution in [0.25, 0.3) is 0 Å². The Morgan fingerprint density at radius 3 is 1.64 bits per heavy atom. The van der Waals surface area contributed by atoms with Crippen LogP contribution in [-0.4, -0.2) is 133 Å². The highest BCUT2D eigenvalue weighted by atomic mass is 16.6. The van der Waals surface area contributed by atoms with E-state index in [2.05, 4.69) is 64.5 Å². The van der Waals surface area contributed by atoms with Crippen molar-refractivity contribution in [1.29, 1.82) is 0 Å². The molecule has 0 saturated heterocycles. The van der Waals surface area contributed by atoms with Gasteiger partial charge in [-0.1, -0.05) is 73.5 Å². The van der Waals surface area contributed by atoms with E-state index in [1.807, 2.05) is 53.0 Å². The smallest absolute Gasteiger partial charge is 0.163 e. The van der Waals surface area contributed by atoms with E-state index in [-0.39, 0.29) is 19.1 Å². The number of aliphatic hydroxyl groups is 2. The SMILES string of the molecule is CC.CC.CCc1[nH]c(C/C(C)=C(CCCO)/C(C)=C(/Cc2[nH]c(C=Nc3cc(OCCOCCOCCOC)c(OCCOCCOCCOC)cc3C)cc2CCCO)C(C)C)c(CC)c1CC. The van der Waals surface area contributed by atoms with Gasteiger partial charge in [-0.05, 0) is 117 Å². The topological polar surface area (TPSA) is 158 Å². The summed E-state index contributed by atoms with van der Waals surface area (Å²) in [6, 6.07) is 6.01. The largest absolute Gasteiger partial charge is 0.487 e. The van der Waals surface area contributed by atoms with E-state index in [4.69, 9.17) is 42.9 Å². The molecule has 0 aliphatic rings. The van der Waals surface area contributed by atoms with Gasteiger partial charge < -0.3 is 58.1 Å². The molecule has 0 unspecified atom stereocenters. The summed E-state index contributed by atoms with van der Waals surface area (Å²) in [5.74, 6) is 1.45. The standard InChI is InChI=1S/C53H85N3O10.2C2H6/c1-11-44-45(12-2)51(56-48(44)13-3)32-39(6)46(17-15-19-58)41(8)47(38(4)5)35-50-42(16-14-18-57)34-43(55-50)37-54-49-36-53(66-31-29-64-27-25-62-23-21-60-10)52(33-40(49)7)65-30-28-63-26-24-61-22-20-59-9;2*1-2/h33-34,36-38,55-58H,11-32,35H2,1-10H3;2*1-2H3/b46-39+,47-41-,54-37?;;. The van der Waals surface area contributed by atoms with Crippen LogP contribution in [0.4, 0.5) is 5.69 Å². The molecule has 13 heteroatoms. The molecule has 0 aliphatic heterocycles. The third kappa shape index (κ3) is 23.2. The van der Waals surface area contributed by atoms with E-state index in [0.29, 0.717) is 104 Å². The highest BCUT2D eigenvalue weighted by Gasteiger charge is 2.20. The van der Waals surface area contributed by atoms with Crippen molar-refractivity contribution in [3.63, 3.8) is 0 Å². The lowest BCUT2D eigenvalue weighted by atomic mass is 9.85. The minimum Gasteiger partial charge on any atom is -0.487 e. The number of aromatic nitrogens is 2. The lowest BCUT2D eigenvalue weighted by Gasteiger charge is -2.21. The van der Waals surface area contributed by atoms with Crippen molar-refractivity contribution in [3.8, 4) is 11.5 Å². The molecule has 3 aromatic rings. The Bertz CT molecular complexity index is 1910. The zero-order valence-corrected chi connectivity index (χ0v) is 46.3. The molecule has 70 heavy (non-hydrogen) atoms. The molecule has 0 amide bonds. The van der Waals surface area contributed by atoms with Crippen LogP contribution in [0.1, 0.15) is 140 Å². The second-order valence-electron chi connectivity index (χ2n) is 16.9. The van der Waals surface area contributed by atoms with Crippen molar-refractivity contribution in [2.45, 2.75) is 141 Å². The van der Waals surface area contributed by atoms with Gasteiger partial charge in [-0.15, -0.1) is 0 Å². The minimum atomic E-state index is 0.115. The molecule has 0 atom stereocenters. The molecule has 4 N–H and O–H groups in total. The Kier molecular flexibility index (Phi) is 36.5. The zero-order chi connectivity index (χ0) is 52.1. The monoisotopic (exact) mass is 984 g/mol. The number of methoxy groups -OCH3 is 2. The molecule has 2 heterocycles. The third-order valence-corrected chi connectivity index (χ3v) is 11.8. The maximum absolute atomic E-state index is 10.00. The molecular weight excluding hydrogens is 887 g/mol. The number of aryl methyl sites for hydroxylation is 3. The van der Waals surface area contributed by atoms with Gasteiger partial charge in [0.25, 0.3) is 0 Å². The summed E-state index contributed by atoms with van der Waals surface area (Å²) in [5, 5.41) is 19.9. The fraction of sp³-hybridized carbons (Fsp3) is 0.667. The van der Waals surface area contributed by atoms with Crippen LogP contribution < -0.4 is 9.47 Å². The number of nitrogens with zero attached hydrogens (tertiary/aromatic N) is 1. The lowest BCUT2D eigenvalue weighted by Crippen LogP contribution is -2.14. The first-order chi connectivity index (χ1) is 34.1. The van der Waals surface area contributed by atoms with Gasteiger partial charge >= 0.3 is 0 Å². The Morgan fingerprint density at radius 1 is 0.629 bits per heavy atom. The number of ether oxygens (including phenoxy) is 8. The summed E-state index contributed by atoms with van der Waals surface area (Å²) >= 11 is 0. The molecule has 1 aromatic carbocycles.